The number of carboxylic acids is 1. The van der Waals surface area contributed by atoms with E-state index in [0.29, 0.717) is 0 Å². The van der Waals surface area contributed by atoms with Crippen molar-refractivity contribution < 1.29 is 14.7 Å². The van der Waals surface area contributed by atoms with Crippen LogP contribution in [0.4, 0.5) is 0 Å². The zero-order valence-electron chi connectivity index (χ0n) is 5.63. The van der Waals surface area contributed by atoms with Crippen molar-refractivity contribution in [1.82, 2.24) is 5.32 Å². The normalized spacial score (nSPS) is 12.5. The van der Waals surface area contributed by atoms with Crippen molar-refractivity contribution in [2.45, 2.75) is 12.5 Å². The lowest BCUT2D eigenvalue weighted by atomic mass is 10.2. The van der Waals surface area contributed by atoms with Gasteiger partial charge in [0.25, 0.3) is 0 Å². The van der Waals surface area contributed by atoms with Gasteiger partial charge in [-0.15, -0.1) is 0 Å². The molecule has 5 heteroatoms. The van der Waals surface area contributed by atoms with E-state index < -0.39 is 17.9 Å². The van der Waals surface area contributed by atoms with Gasteiger partial charge in [0.05, 0.1) is 12.5 Å². The van der Waals surface area contributed by atoms with Gasteiger partial charge >= 0.3 is 5.97 Å². The average Bonchev–Trinajstić information content (AvgIpc) is 1.81. The molecule has 10 heavy (non-hydrogen) atoms. The minimum Gasteiger partial charge on any atom is -0.481 e. The molecule has 0 aliphatic rings. The van der Waals surface area contributed by atoms with Gasteiger partial charge in [-0.1, -0.05) is 0 Å². The summed E-state index contributed by atoms with van der Waals surface area (Å²) in [4.78, 5) is 20.4. The fourth-order valence-corrected chi connectivity index (χ4v) is 0.520. The molecule has 0 aliphatic heterocycles. The third-order valence-electron chi connectivity index (χ3n) is 1.07. The van der Waals surface area contributed by atoms with Crippen LogP contribution in [0.3, 0.4) is 0 Å². The molecule has 1 amide bonds. The molecular weight excluding hydrogens is 136 g/mol. The molecular formula is C5H10N2O3. The summed E-state index contributed by atoms with van der Waals surface area (Å²) in [6, 6.07) is -0.766. The standard InChI is InChI=1S/C5H10N2O3/c1-7-3(5(6)10)2-4(8)9/h3,7H,2H2,1H3,(H2,6,10)(H,8,9)/t3-/m0/s1. The summed E-state index contributed by atoms with van der Waals surface area (Å²) in [6.45, 7) is 0. The number of carboxylic acid groups (broad SMARTS) is 1. The third-order valence-corrected chi connectivity index (χ3v) is 1.07. The van der Waals surface area contributed by atoms with Gasteiger partial charge in [0.15, 0.2) is 0 Å². The first-order chi connectivity index (χ1) is 4.57. The highest BCUT2D eigenvalue weighted by Gasteiger charge is 2.15. The second-order valence-corrected chi connectivity index (χ2v) is 1.84. The molecule has 5 nitrogen and oxygen atoms in total. The summed E-state index contributed by atoms with van der Waals surface area (Å²) in [5.41, 5.74) is 4.83. The highest BCUT2D eigenvalue weighted by molar-refractivity contribution is 5.84. The highest BCUT2D eigenvalue weighted by atomic mass is 16.4. The van der Waals surface area contributed by atoms with Gasteiger partial charge < -0.3 is 16.2 Å². The van der Waals surface area contributed by atoms with Crippen LogP contribution in [0.15, 0.2) is 0 Å². The van der Waals surface area contributed by atoms with Crippen molar-refractivity contribution in [3.8, 4) is 0 Å². The summed E-state index contributed by atoms with van der Waals surface area (Å²) >= 11 is 0. The largest absolute Gasteiger partial charge is 0.481 e. The number of hydrogen-bond acceptors (Lipinski definition) is 3. The van der Waals surface area contributed by atoms with Crippen LogP contribution in [0.25, 0.3) is 0 Å². The maximum atomic E-state index is 10.4. The predicted molar refractivity (Wildman–Crippen MR) is 34.3 cm³/mol. The van der Waals surface area contributed by atoms with Crippen molar-refractivity contribution >= 4 is 11.9 Å². The zero-order valence-corrected chi connectivity index (χ0v) is 5.63. The van der Waals surface area contributed by atoms with E-state index >= 15 is 0 Å². The van der Waals surface area contributed by atoms with Crippen LogP contribution in [0, 0.1) is 0 Å². The smallest absolute Gasteiger partial charge is 0.305 e. The molecule has 0 saturated heterocycles. The number of hydrogen-bond donors (Lipinski definition) is 3. The lowest BCUT2D eigenvalue weighted by Crippen LogP contribution is -2.40. The van der Waals surface area contributed by atoms with E-state index in [1.54, 1.807) is 0 Å². The number of nitrogens with two attached hydrogens (primary N) is 1. The third kappa shape index (κ3) is 3.03. The molecule has 0 rings (SSSR count). The fraction of sp³-hybridized carbons (Fsp3) is 0.600. The second kappa shape index (κ2) is 3.84. The Balaban J connectivity index is 3.83. The lowest BCUT2D eigenvalue weighted by Gasteiger charge is -2.07. The first-order valence-corrected chi connectivity index (χ1v) is 2.76. The Morgan fingerprint density at radius 1 is 1.70 bits per heavy atom. The Morgan fingerprint density at radius 2 is 2.20 bits per heavy atom. The Hall–Kier alpha value is -1.10. The summed E-state index contributed by atoms with van der Waals surface area (Å²) in [5.74, 6) is -1.69. The van der Waals surface area contributed by atoms with E-state index in [9.17, 15) is 9.59 Å². The molecule has 0 fully saturated rings. The van der Waals surface area contributed by atoms with Gasteiger partial charge in [0.2, 0.25) is 5.91 Å². The molecule has 0 heterocycles. The summed E-state index contributed by atoms with van der Waals surface area (Å²) in [7, 11) is 1.48. The lowest BCUT2D eigenvalue weighted by molar-refractivity contribution is -0.139. The van der Waals surface area contributed by atoms with Crippen LogP contribution in [0.5, 0.6) is 0 Å². The molecule has 1 atom stereocenters. The van der Waals surface area contributed by atoms with E-state index in [-0.39, 0.29) is 6.42 Å². The molecule has 58 valence electrons. The number of primary amides is 1. The van der Waals surface area contributed by atoms with Crippen LogP contribution in [0.1, 0.15) is 6.42 Å². The Bertz CT molecular complexity index is 146. The molecule has 0 radical (unpaired) electrons. The molecule has 0 aromatic rings. The molecule has 0 aromatic carbocycles. The Morgan fingerprint density at radius 3 is 2.30 bits per heavy atom. The Labute approximate surface area is 58.2 Å². The van der Waals surface area contributed by atoms with E-state index in [0.717, 1.165) is 0 Å². The predicted octanol–water partition coefficient (Wildman–Crippen LogP) is -1.47. The van der Waals surface area contributed by atoms with Gasteiger partial charge in [-0.25, -0.2) is 0 Å². The van der Waals surface area contributed by atoms with E-state index in [1.807, 2.05) is 0 Å². The number of likely N-dealkylation sites (N-methyl/N-ethyl adjacent to an activating group) is 1. The van der Waals surface area contributed by atoms with Gasteiger partial charge in [-0.05, 0) is 7.05 Å². The van der Waals surface area contributed by atoms with Gasteiger partial charge in [0, 0.05) is 0 Å². The fourth-order valence-electron chi connectivity index (χ4n) is 0.520. The van der Waals surface area contributed by atoms with E-state index in [2.05, 4.69) is 5.32 Å². The molecule has 4 N–H and O–H groups in total. The highest BCUT2D eigenvalue weighted by Crippen LogP contribution is 1.88. The van der Waals surface area contributed by atoms with Gasteiger partial charge in [-0.2, -0.15) is 0 Å². The van der Waals surface area contributed by atoms with Crippen LogP contribution >= 0.6 is 0 Å². The average molecular weight is 146 g/mol. The van der Waals surface area contributed by atoms with Crippen LogP contribution < -0.4 is 11.1 Å². The topological polar surface area (TPSA) is 92.4 Å². The number of carbonyl (C=O) groups is 2. The zero-order chi connectivity index (χ0) is 8.15. The SMILES string of the molecule is CN[C@@H](CC(=O)O)C(N)=O. The Kier molecular flexibility index (Phi) is 3.42. The minimum absolute atomic E-state index is 0.272. The van der Waals surface area contributed by atoms with Crippen LogP contribution in [0.2, 0.25) is 0 Å². The molecule has 0 unspecified atom stereocenters. The molecule has 0 aliphatic carbocycles. The van der Waals surface area contributed by atoms with Crippen LogP contribution in [-0.2, 0) is 9.59 Å². The monoisotopic (exact) mass is 146 g/mol. The van der Waals surface area contributed by atoms with E-state index in [1.165, 1.54) is 7.05 Å². The van der Waals surface area contributed by atoms with Crippen molar-refractivity contribution in [2.24, 2.45) is 5.73 Å². The maximum Gasteiger partial charge on any atom is 0.305 e. The first kappa shape index (κ1) is 8.90. The van der Waals surface area contributed by atoms with Gasteiger partial charge in [0.1, 0.15) is 0 Å². The van der Waals surface area contributed by atoms with Crippen molar-refractivity contribution in [1.29, 1.82) is 0 Å². The number of nitrogens with one attached hydrogen (secondary N) is 1. The number of aliphatic carboxylic acids is 1. The van der Waals surface area contributed by atoms with Crippen molar-refractivity contribution in [3.63, 3.8) is 0 Å². The molecule has 0 aromatic heterocycles. The number of amides is 1. The summed E-state index contributed by atoms with van der Waals surface area (Å²) < 4.78 is 0. The summed E-state index contributed by atoms with van der Waals surface area (Å²) in [6.07, 6.45) is -0.272. The van der Waals surface area contributed by atoms with Gasteiger partial charge in [-0.3, -0.25) is 9.59 Å². The minimum atomic E-state index is -1.04. The molecule has 0 bridgehead atoms. The number of carbonyl (C=O) groups excluding carboxylic acids is 1. The van der Waals surface area contributed by atoms with Crippen molar-refractivity contribution in [2.75, 3.05) is 7.05 Å². The number of rotatable bonds is 4. The molecule has 0 saturated carbocycles. The van der Waals surface area contributed by atoms with E-state index in [4.69, 9.17) is 10.8 Å². The first-order valence-electron chi connectivity index (χ1n) is 2.76. The molecule has 0 spiro atoms. The van der Waals surface area contributed by atoms with Crippen LogP contribution in [-0.4, -0.2) is 30.1 Å². The maximum absolute atomic E-state index is 10.4. The quantitative estimate of drug-likeness (QED) is 0.451. The van der Waals surface area contributed by atoms with Crippen molar-refractivity contribution in [3.05, 3.63) is 0 Å². The summed E-state index contributed by atoms with van der Waals surface area (Å²) in [5, 5.41) is 10.7. The second-order valence-electron chi connectivity index (χ2n) is 1.84.